The Labute approximate surface area is 99.8 Å². The van der Waals surface area contributed by atoms with Gasteiger partial charge in [-0.2, -0.15) is 0 Å². The molecule has 96 valence electrons. The van der Waals surface area contributed by atoms with Crippen LogP contribution in [0.15, 0.2) is 0 Å². The summed E-state index contributed by atoms with van der Waals surface area (Å²) in [5, 5.41) is 10.3. The van der Waals surface area contributed by atoms with Gasteiger partial charge in [-0.05, 0) is 32.4 Å². The van der Waals surface area contributed by atoms with Crippen LogP contribution in [0.25, 0.3) is 0 Å². The first-order valence-corrected chi connectivity index (χ1v) is 6.50. The minimum atomic E-state index is -0.509. The van der Waals surface area contributed by atoms with Gasteiger partial charge in [0.1, 0.15) is 0 Å². The fourth-order valence-electron chi connectivity index (χ4n) is 2.26. The Morgan fingerprint density at radius 3 is 2.50 bits per heavy atom. The molecule has 0 aliphatic carbocycles. The lowest BCUT2D eigenvalue weighted by molar-refractivity contribution is -0.0769. The van der Waals surface area contributed by atoms with E-state index in [2.05, 4.69) is 25.8 Å². The first-order chi connectivity index (χ1) is 7.52. The lowest BCUT2D eigenvalue weighted by Gasteiger charge is -2.35. The van der Waals surface area contributed by atoms with E-state index >= 15 is 0 Å². The smallest absolute Gasteiger partial charge is 0.0817 e. The van der Waals surface area contributed by atoms with Crippen LogP contribution in [0.1, 0.15) is 39.5 Å². The monoisotopic (exact) mass is 229 g/mol. The molecule has 0 aromatic carbocycles. The van der Waals surface area contributed by atoms with Crippen LogP contribution < -0.4 is 0 Å². The summed E-state index contributed by atoms with van der Waals surface area (Å²) < 4.78 is 5.28. The summed E-state index contributed by atoms with van der Waals surface area (Å²) in [5.74, 6) is 0.777. The molecule has 1 aliphatic heterocycles. The largest absolute Gasteiger partial charge is 0.388 e. The van der Waals surface area contributed by atoms with Crippen LogP contribution in [-0.2, 0) is 4.74 Å². The van der Waals surface area contributed by atoms with Crippen LogP contribution in [0.4, 0.5) is 0 Å². The molecule has 1 heterocycles. The number of nitrogens with zero attached hydrogens (tertiary/aromatic N) is 1. The Bertz CT molecular complexity index is 188. The Morgan fingerprint density at radius 1 is 1.31 bits per heavy atom. The zero-order chi connectivity index (χ0) is 12.0. The van der Waals surface area contributed by atoms with Gasteiger partial charge in [-0.25, -0.2) is 0 Å². The highest BCUT2D eigenvalue weighted by atomic mass is 16.5. The second-order valence-electron chi connectivity index (χ2n) is 5.61. The van der Waals surface area contributed by atoms with Crippen LogP contribution in [0.3, 0.4) is 0 Å². The molecule has 1 N–H and O–H groups in total. The van der Waals surface area contributed by atoms with Crippen molar-refractivity contribution in [3.05, 3.63) is 0 Å². The van der Waals surface area contributed by atoms with Crippen molar-refractivity contribution in [3.8, 4) is 0 Å². The molecule has 0 radical (unpaired) electrons. The average Bonchev–Trinajstić information content (AvgIpc) is 2.17. The molecule has 0 aromatic rings. The standard InChI is InChI=1S/C13H27NO2/c1-12(2)5-4-8-14(3)11-13(15)6-9-16-10-7-13/h12,15H,4-11H2,1-3H3. The van der Waals surface area contributed by atoms with E-state index in [-0.39, 0.29) is 0 Å². The summed E-state index contributed by atoms with van der Waals surface area (Å²) in [6.07, 6.45) is 4.05. The van der Waals surface area contributed by atoms with Crippen molar-refractivity contribution in [1.82, 2.24) is 4.90 Å². The normalized spacial score (nSPS) is 20.6. The molecule has 1 rings (SSSR count). The van der Waals surface area contributed by atoms with Crippen molar-refractivity contribution in [1.29, 1.82) is 0 Å². The molecule has 16 heavy (non-hydrogen) atoms. The Hall–Kier alpha value is -0.120. The summed E-state index contributed by atoms with van der Waals surface area (Å²) in [6, 6.07) is 0. The van der Waals surface area contributed by atoms with E-state index in [0.717, 1.165) is 31.8 Å². The zero-order valence-electron chi connectivity index (χ0n) is 11.0. The minimum absolute atomic E-state index is 0.509. The maximum atomic E-state index is 10.3. The van der Waals surface area contributed by atoms with E-state index in [1.165, 1.54) is 12.8 Å². The van der Waals surface area contributed by atoms with Gasteiger partial charge in [-0.3, -0.25) is 0 Å². The molecule has 0 bridgehead atoms. The van der Waals surface area contributed by atoms with Gasteiger partial charge in [0.05, 0.1) is 5.60 Å². The molecular formula is C13H27NO2. The Kier molecular flexibility index (Phi) is 5.73. The lowest BCUT2D eigenvalue weighted by atomic mass is 9.94. The van der Waals surface area contributed by atoms with Gasteiger partial charge in [0.25, 0.3) is 0 Å². The van der Waals surface area contributed by atoms with Gasteiger partial charge in [0.15, 0.2) is 0 Å². The van der Waals surface area contributed by atoms with Crippen molar-refractivity contribution < 1.29 is 9.84 Å². The molecule has 0 aromatic heterocycles. The van der Waals surface area contributed by atoms with Crippen LogP contribution in [-0.4, -0.2) is 49.0 Å². The molecule has 0 saturated carbocycles. The summed E-state index contributed by atoms with van der Waals surface area (Å²) in [6.45, 7) is 7.79. The van der Waals surface area contributed by atoms with Gasteiger partial charge in [0.2, 0.25) is 0 Å². The van der Waals surface area contributed by atoms with E-state index in [4.69, 9.17) is 4.74 Å². The molecule has 1 fully saturated rings. The predicted octanol–water partition coefficient (Wildman–Crippen LogP) is 1.90. The van der Waals surface area contributed by atoms with Gasteiger partial charge in [-0.1, -0.05) is 13.8 Å². The van der Waals surface area contributed by atoms with E-state index in [1.807, 2.05) is 0 Å². The van der Waals surface area contributed by atoms with E-state index < -0.39 is 5.60 Å². The van der Waals surface area contributed by atoms with Crippen LogP contribution in [0, 0.1) is 5.92 Å². The topological polar surface area (TPSA) is 32.7 Å². The van der Waals surface area contributed by atoms with E-state index in [1.54, 1.807) is 0 Å². The molecule has 1 saturated heterocycles. The average molecular weight is 229 g/mol. The summed E-state index contributed by atoms with van der Waals surface area (Å²) in [4.78, 5) is 2.26. The highest BCUT2D eigenvalue weighted by Crippen LogP contribution is 2.21. The second-order valence-corrected chi connectivity index (χ2v) is 5.61. The highest BCUT2D eigenvalue weighted by Gasteiger charge is 2.30. The quantitative estimate of drug-likeness (QED) is 0.755. The number of hydrogen-bond acceptors (Lipinski definition) is 3. The molecule has 0 atom stereocenters. The lowest BCUT2D eigenvalue weighted by Crippen LogP contribution is -2.45. The van der Waals surface area contributed by atoms with Crippen LogP contribution in [0.5, 0.6) is 0 Å². The maximum Gasteiger partial charge on any atom is 0.0817 e. The fourth-order valence-corrected chi connectivity index (χ4v) is 2.26. The molecular weight excluding hydrogens is 202 g/mol. The first kappa shape index (κ1) is 13.9. The van der Waals surface area contributed by atoms with Crippen molar-refractivity contribution >= 4 is 0 Å². The molecule has 0 spiro atoms. The van der Waals surface area contributed by atoms with Gasteiger partial charge in [0, 0.05) is 32.6 Å². The highest BCUT2D eigenvalue weighted by molar-refractivity contribution is 4.83. The number of ether oxygens (including phenoxy) is 1. The number of aliphatic hydroxyl groups is 1. The third-order valence-electron chi connectivity index (χ3n) is 3.31. The molecule has 0 unspecified atom stereocenters. The van der Waals surface area contributed by atoms with Gasteiger partial charge in [-0.15, -0.1) is 0 Å². The van der Waals surface area contributed by atoms with E-state index in [0.29, 0.717) is 13.2 Å². The van der Waals surface area contributed by atoms with Crippen molar-refractivity contribution in [3.63, 3.8) is 0 Å². The number of rotatable bonds is 6. The SMILES string of the molecule is CC(C)CCCN(C)CC1(O)CCOCC1. The van der Waals surface area contributed by atoms with Crippen molar-refractivity contribution in [2.45, 2.75) is 45.1 Å². The summed E-state index contributed by atoms with van der Waals surface area (Å²) in [5.41, 5.74) is -0.509. The minimum Gasteiger partial charge on any atom is -0.388 e. The first-order valence-electron chi connectivity index (χ1n) is 6.50. The Morgan fingerprint density at radius 2 is 1.94 bits per heavy atom. The van der Waals surface area contributed by atoms with Gasteiger partial charge >= 0.3 is 0 Å². The molecule has 0 amide bonds. The fraction of sp³-hybridized carbons (Fsp3) is 1.00. The third-order valence-corrected chi connectivity index (χ3v) is 3.31. The predicted molar refractivity (Wildman–Crippen MR) is 66.6 cm³/mol. The van der Waals surface area contributed by atoms with Crippen LogP contribution in [0.2, 0.25) is 0 Å². The zero-order valence-corrected chi connectivity index (χ0v) is 11.0. The van der Waals surface area contributed by atoms with Crippen molar-refractivity contribution in [2.24, 2.45) is 5.92 Å². The molecule has 3 nitrogen and oxygen atoms in total. The maximum absolute atomic E-state index is 10.3. The third kappa shape index (κ3) is 5.28. The van der Waals surface area contributed by atoms with Crippen molar-refractivity contribution in [2.75, 3.05) is 33.4 Å². The van der Waals surface area contributed by atoms with Gasteiger partial charge < -0.3 is 14.7 Å². The second kappa shape index (κ2) is 6.58. The number of hydrogen-bond donors (Lipinski definition) is 1. The van der Waals surface area contributed by atoms with E-state index in [9.17, 15) is 5.11 Å². The summed E-state index contributed by atoms with van der Waals surface area (Å²) in [7, 11) is 2.10. The Balaban J connectivity index is 2.19. The van der Waals surface area contributed by atoms with Crippen LogP contribution >= 0.6 is 0 Å². The number of likely N-dealkylation sites (N-methyl/N-ethyl adjacent to an activating group) is 1. The molecule has 1 aliphatic rings. The molecule has 3 heteroatoms. The summed E-state index contributed by atoms with van der Waals surface area (Å²) >= 11 is 0.